The molecule has 0 radical (unpaired) electrons. The normalized spacial score (nSPS) is 11.0. The molecule has 0 bridgehead atoms. The summed E-state index contributed by atoms with van der Waals surface area (Å²) in [7, 11) is 0. The largest absolute Gasteiger partial charge is 0.322 e. The molecular weight excluding hydrogens is 374 g/mol. The number of rotatable bonds is 4. The Balaban J connectivity index is 1.68. The average Bonchev–Trinajstić information content (AvgIpc) is 3.04. The van der Waals surface area contributed by atoms with Crippen LogP contribution in [0.25, 0.3) is 11.0 Å². The summed E-state index contributed by atoms with van der Waals surface area (Å²) in [5.41, 5.74) is 3.82. The Labute approximate surface area is 166 Å². The van der Waals surface area contributed by atoms with Gasteiger partial charge < -0.3 is 5.32 Å². The van der Waals surface area contributed by atoms with E-state index in [1.807, 2.05) is 31.2 Å². The van der Waals surface area contributed by atoms with Crippen LogP contribution in [0.3, 0.4) is 0 Å². The SMILES string of the molecule is Cc1ccc(Cn2ncc3c(C(=O)Nc4cc(F)cc(F)c4)cc(C)nc32)cc1. The van der Waals surface area contributed by atoms with Gasteiger partial charge in [0.15, 0.2) is 5.65 Å². The van der Waals surface area contributed by atoms with Crippen molar-refractivity contribution in [2.75, 3.05) is 5.32 Å². The van der Waals surface area contributed by atoms with E-state index in [1.54, 1.807) is 23.9 Å². The molecule has 0 atom stereocenters. The number of hydrogen-bond donors (Lipinski definition) is 1. The fraction of sp³-hybridized carbons (Fsp3) is 0.136. The maximum Gasteiger partial charge on any atom is 0.256 e. The van der Waals surface area contributed by atoms with Crippen LogP contribution in [0, 0.1) is 25.5 Å². The third-order valence-electron chi connectivity index (χ3n) is 4.56. The summed E-state index contributed by atoms with van der Waals surface area (Å²) in [5, 5.41) is 7.49. The van der Waals surface area contributed by atoms with Gasteiger partial charge in [-0.3, -0.25) is 4.79 Å². The van der Waals surface area contributed by atoms with E-state index in [9.17, 15) is 13.6 Å². The fourth-order valence-corrected chi connectivity index (χ4v) is 3.17. The van der Waals surface area contributed by atoms with Crippen molar-refractivity contribution in [2.24, 2.45) is 0 Å². The molecule has 2 heterocycles. The molecule has 0 spiro atoms. The number of anilines is 1. The number of carbonyl (C=O) groups excluding carboxylic acids is 1. The summed E-state index contributed by atoms with van der Waals surface area (Å²) in [4.78, 5) is 17.3. The number of hydrogen-bond acceptors (Lipinski definition) is 3. The Morgan fingerprint density at radius 3 is 2.41 bits per heavy atom. The van der Waals surface area contributed by atoms with Crippen molar-refractivity contribution in [3.8, 4) is 0 Å². The molecule has 0 aliphatic heterocycles. The van der Waals surface area contributed by atoms with Crippen LogP contribution in [0.15, 0.2) is 54.7 Å². The maximum atomic E-state index is 13.4. The van der Waals surface area contributed by atoms with Crippen molar-refractivity contribution in [1.82, 2.24) is 14.8 Å². The molecule has 0 aliphatic rings. The van der Waals surface area contributed by atoms with E-state index in [4.69, 9.17) is 0 Å². The van der Waals surface area contributed by atoms with Gasteiger partial charge in [0.1, 0.15) is 11.6 Å². The Bertz CT molecular complexity index is 1200. The van der Waals surface area contributed by atoms with Crippen molar-refractivity contribution in [3.63, 3.8) is 0 Å². The van der Waals surface area contributed by atoms with Crippen LogP contribution in [0.1, 0.15) is 27.2 Å². The van der Waals surface area contributed by atoms with E-state index in [0.717, 1.165) is 23.8 Å². The molecule has 0 unspecified atom stereocenters. The molecule has 1 amide bonds. The molecule has 2 aromatic heterocycles. The Morgan fingerprint density at radius 2 is 1.72 bits per heavy atom. The summed E-state index contributed by atoms with van der Waals surface area (Å²) in [5.74, 6) is -2.01. The van der Waals surface area contributed by atoms with Gasteiger partial charge in [-0.1, -0.05) is 29.8 Å². The number of nitrogens with one attached hydrogen (secondary N) is 1. The molecule has 2 aromatic carbocycles. The molecule has 146 valence electrons. The molecule has 4 aromatic rings. The van der Waals surface area contributed by atoms with Gasteiger partial charge in [0.2, 0.25) is 0 Å². The van der Waals surface area contributed by atoms with E-state index in [1.165, 1.54) is 5.56 Å². The van der Waals surface area contributed by atoms with E-state index in [-0.39, 0.29) is 5.69 Å². The summed E-state index contributed by atoms with van der Waals surface area (Å²) in [6.07, 6.45) is 1.58. The monoisotopic (exact) mass is 392 g/mol. The highest BCUT2D eigenvalue weighted by molar-refractivity contribution is 6.12. The lowest BCUT2D eigenvalue weighted by Crippen LogP contribution is -2.13. The van der Waals surface area contributed by atoms with Crippen molar-refractivity contribution >= 4 is 22.6 Å². The van der Waals surface area contributed by atoms with Crippen molar-refractivity contribution in [1.29, 1.82) is 0 Å². The van der Waals surface area contributed by atoms with Crippen LogP contribution in [0.5, 0.6) is 0 Å². The second-order valence-electron chi connectivity index (χ2n) is 6.95. The molecule has 0 saturated carbocycles. The second-order valence-corrected chi connectivity index (χ2v) is 6.95. The first-order chi connectivity index (χ1) is 13.9. The molecule has 0 fully saturated rings. The van der Waals surface area contributed by atoms with Gasteiger partial charge in [0, 0.05) is 17.4 Å². The predicted octanol–water partition coefficient (Wildman–Crippen LogP) is 4.63. The lowest BCUT2D eigenvalue weighted by Gasteiger charge is -2.09. The van der Waals surface area contributed by atoms with Gasteiger partial charge in [-0.05, 0) is 37.6 Å². The van der Waals surface area contributed by atoms with Gasteiger partial charge in [-0.25, -0.2) is 18.4 Å². The summed E-state index contributed by atoms with van der Waals surface area (Å²) in [6.45, 7) is 4.31. The minimum absolute atomic E-state index is 0.0437. The predicted molar refractivity (Wildman–Crippen MR) is 107 cm³/mol. The van der Waals surface area contributed by atoms with Crippen molar-refractivity contribution < 1.29 is 13.6 Å². The highest BCUT2D eigenvalue weighted by Crippen LogP contribution is 2.21. The average molecular weight is 392 g/mol. The standard InChI is InChI=1S/C22H18F2N4O/c1-13-3-5-15(6-4-13)12-28-21-20(11-25-28)19(7-14(2)26-21)22(29)27-18-9-16(23)8-17(24)10-18/h3-11H,12H2,1-2H3,(H,27,29). The topological polar surface area (TPSA) is 59.8 Å². The summed E-state index contributed by atoms with van der Waals surface area (Å²) < 4.78 is 28.6. The number of halogens is 2. The zero-order chi connectivity index (χ0) is 20.5. The number of fused-ring (bicyclic) bond motifs is 1. The first-order valence-corrected chi connectivity index (χ1v) is 9.05. The zero-order valence-corrected chi connectivity index (χ0v) is 15.9. The molecule has 0 aliphatic carbocycles. The minimum Gasteiger partial charge on any atom is -0.322 e. The third-order valence-corrected chi connectivity index (χ3v) is 4.56. The minimum atomic E-state index is -0.762. The molecule has 4 rings (SSSR count). The molecule has 1 N–H and O–H groups in total. The first kappa shape index (κ1) is 18.7. The van der Waals surface area contributed by atoms with Gasteiger partial charge in [-0.15, -0.1) is 0 Å². The highest BCUT2D eigenvalue weighted by atomic mass is 19.1. The lowest BCUT2D eigenvalue weighted by molar-refractivity contribution is 0.102. The molecular formula is C22H18F2N4O. The fourth-order valence-electron chi connectivity index (χ4n) is 3.17. The van der Waals surface area contributed by atoms with Crippen molar-refractivity contribution in [3.05, 3.63) is 88.7 Å². The maximum absolute atomic E-state index is 13.4. The molecule has 29 heavy (non-hydrogen) atoms. The van der Waals surface area contributed by atoms with Crippen molar-refractivity contribution in [2.45, 2.75) is 20.4 Å². The number of amides is 1. The van der Waals surface area contributed by atoms with E-state index < -0.39 is 17.5 Å². The van der Waals surface area contributed by atoms with Crippen LogP contribution < -0.4 is 5.32 Å². The van der Waals surface area contributed by atoms with Gasteiger partial charge in [-0.2, -0.15) is 5.10 Å². The summed E-state index contributed by atoms with van der Waals surface area (Å²) >= 11 is 0. The molecule has 5 nitrogen and oxygen atoms in total. The number of benzene rings is 2. The van der Waals surface area contributed by atoms with Crippen LogP contribution >= 0.6 is 0 Å². The quantitative estimate of drug-likeness (QED) is 0.551. The van der Waals surface area contributed by atoms with Crippen LogP contribution in [0.2, 0.25) is 0 Å². The molecule has 0 saturated heterocycles. The van der Waals surface area contributed by atoms with Gasteiger partial charge >= 0.3 is 0 Å². The first-order valence-electron chi connectivity index (χ1n) is 9.05. The molecule has 7 heteroatoms. The Morgan fingerprint density at radius 1 is 1.03 bits per heavy atom. The van der Waals surface area contributed by atoms with Gasteiger partial charge in [0.25, 0.3) is 5.91 Å². The van der Waals surface area contributed by atoms with E-state index >= 15 is 0 Å². The van der Waals surface area contributed by atoms with Crippen LogP contribution in [-0.2, 0) is 6.54 Å². The van der Waals surface area contributed by atoms with E-state index in [0.29, 0.717) is 28.8 Å². The van der Waals surface area contributed by atoms with Gasteiger partial charge in [0.05, 0.1) is 23.7 Å². The smallest absolute Gasteiger partial charge is 0.256 e. The van der Waals surface area contributed by atoms with Crippen LogP contribution in [-0.4, -0.2) is 20.7 Å². The highest BCUT2D eigenvalue weighted by Gasteiger charge is 2.17. The van der Waals surface area contributed by atoms with E-state index in [2.05, 4.69) is 15.4 Å². The second kappa shape index (κ2) is 7.43. The zero-order valence-electron chi connectivity index (χ0n) is 15.9. The number of nitrogens with zero attached hydrogens (tertiary/aromatic N) is 3. The number of pyridine rings is 1. The van der Waals surface area contributed by atoms with Crippen LogP contribution in [0.4, 0.5) is 14.5 Å². The Kier molecular flexibility index (Phi) is 4.80. The number of aromatic nitrogens is 3. The Hall–Kier alpha value is -3.61. The number of carbonyl (C=O) groups is 1. The third kappa shape index (κ3) is 3.99. The lowest BCUT2D eigenvalue weighted by atomic mass is 10.1. The summed E-state index contributed by atoms with van der Waals surface area (Å²) in [6, 6.07) is 12.6. The number of aryl methyl sites for hydroxylation is 2.